The molecule has 3 nitrogen and oxygen atoms in total. The standard InChI is InChI=1S/C28H37ClN2O/c1-5-7-13-31(14-8-6-2)19-28(32)25-17-23(16-22-11-9-20(3)10-12-22)30-27-18-26(29)21(4)15-24(25)27/h9-12,15,17-18,28,32H,5-8,13-14,16,19H2,1-4H3. The molecule has 172 valence electrons. The number of benzene rings is 2. The quantitative estimate of drug-likeness (QED) is 0.339. The number of rotatable bonds is 11. The fraction of sp³-hybridized carbons (Fsp3) is 0.464. The largest absolute Gasteiger partial charge is 0.387 e. The first-order chi connectivity index (χ1) is 15.4. The van der Waals surface area contributed by atoms with Crippen molar-refractivity contribution in [1.82, 2.24) is 9.88 Å². The Balaban J connectivity index is 1.96. The van der Waals surface area contributed by atoms with E-state index in [0.29, 0.717) is 11.6 Å². The number of aliphatic hydroxyl groups is 1. The van der Waals surface area contributed by atoms with Crippen molar-refractivity contribution in [2.45, 2.75) is 65.9 Å². The van der Waals surface area contributed by atoms with Crippen LogP contribution in [0.25, 0.3) is 10.9 Å². The maximum absolute atomic E-state index is 11.4. The minimum Gasteiger partial charge on any atom is -0.387 e. The lowest BCUT2D eigenvalue weighted by Crippen LogP contribution is -2.31. The summed E-state index contributed by atoms with van der Waals surface area (Å²) >= 11 is 6.44. The number of hydrogen-bond donors (Lipinski definition) is 1. The molecule has 3 aromatic rings. The molecular weight excluding hydrogens is 416 g/mol. The predicted molar refractivity (Wildman–Crippen MR) is 137 cm³/mol. The zero-order valence-corrected chi connectivity index (χ0v) is 20.8. The number of aromatic nitrogens is 1. The molecule has 1 aromatic heterocycles. The van der Waals surface area contributed by atoms with Crippen molar-refractivity contribution in [3.8, 4) is 0 Å². The van der Waals surface area contributed by atoms with Gasteiger partial charge >= 0.3 is 0 Å². The van der Waals surface area contributed by atoms with Crippen molar-refractivity contribution >= 4 is 22.5 Å². The lowest BCUT2D eigenvalue weighted by atomic mass is 9.98. The first-order valence-corrected chi connectivity index (χ1v) is 12.3. The van der Waals surface area contributed by atoms with Gasteiger partial charge < -0.3 is 10.0 Å². The molecule has 0 aliphatic heterocycles. The van der Waals surface area contributed by atoms with Gasteiger partial charge in [0.1, 0.15) is 0 Å². The van der Waals surface area contributed by atoms with Gasteiger partial charge in [0.25, 0.3) is 0 Å². The molecule has 0 spiro atoms. The van der Waals surface area contributed by atoms with E-state index in [-0.39, 0.29) is 0 Å². The smallest absolute Gasteiger partial charge is 0.0924 e. The number of hydrogen-bond acceptors (Lipinski definition) is 3. The molecule has 0 saturated carbocycles. The van der Waals surface area contributed by atoms with Crippen LogP contribution in [-0.4, -0.2) is 34.6 Å². The Morgan fingerprint density at radius 1 is 0.969 bits per heavy atom. The molecule has 0 radical (unpaired) electrons. The SMILES string of the molecule is CCCCN(CCCC)CC(O)c1cc(Cc2ccc(C)cc2)nc2cc(Cl)c(C)cc12. The number of aliphatic hydroxyl groups excluding tert-OH is 1. The van der Waals surface area contributed by atoms with E-state index in [1.165, 1.54) is 11.1 Å². The van der Waals surface area contributed by atoms with Gasteiger partial charge in [0.15, 0.2) is 0 Å². The van der Waals surface area contributed by atoms with E-state index < -0.39 is 6.10 Å². The van der Waals surface area contributed by atoms with Gasteiger partial charge in [0.2, 0.25) is 0 Å². The van der Waals surface area contributed by atoms with Crippen LogP contribution in [0.1, 0.15) is 73.6 Å². The molecular formula is C28H37ClN2O. The summed E-state index contributed by atoms with van der Waals surface area (Å²) in [6.07, 6.45) is 4.80. The normalized spacial score (nSPS) is 12.6. The van der Waals surface area contributed by atoms with Crippen LogP contribution < -0.4 is 0 Å². The second-order valence-electron chi connectivity index (χ2n) is 9.01. The molecule has 0 fully saturated rings. The molecule has 0 aliphatic carbocycles. The third-order valence-electron chi connectivity index (χ3n) is 6.13. The summed E-state index contributed by atoms with van der Waals surface area (Å²) in [5.41, 5.74) is 6.24. The number of halogens is 1. The van der Waals surface area contributed by atoms with Crippen LogP contribution in [0.2, 0.25) is 5.02 Å². The third kappa shape index (κ3) is 6.54. The highest BCUT2D eigenvalue weighted by Crippen LogP contribution is 2.30. The molecule has 0 bridgehead atoms. The summed E-state index contributed by atoms with van der Waals surface area (Å²) in [6.45, 7) is 11.2. The Morgan fingerprint density at radius 3 is 2.25 bits per heavy atom. The van der Waals surface area contributed by atoms with Gasteiger partial charge in [-0.3, -0.25) is 4.98 Å². The van der Waals surface area contributed by atoms with E-state index in [2.05, 4.69) is 62.1 Å². The van der Waals surface area contributed by atoms with Gasteiger partial charge in [-0.15, -0.1) is 0 Å². The van der Waals surface area contributed by atoms with Crippen LogP contribution in [0, 0.1) is 13.8 Å². The Hall–Kier alpha value is -1.94. The lowest BCUT2D eigenvalue weighted by molar-refractivity contribution is 0.112. The molecule has 0 amide bonds. The Bertz CT molecular complexity index is 1010. The number of unbranched alkanes of at least 4 members (excludes halogenated alkanes) is 2. The predicted octanol–water partition coefficient (Wildman–Crippen LogP) is 7.03. The summed E-state index contributed by atoms with van der Waals surface area (Å²) in [4.78, 5) is 7.32. The molecule has 0 saturated heterocycles. The Morgan fingerprint density at radius 2 is 1.62 bits per heavy atom. The van der Waals surface area contributed by atoms with Gasteiger partial charge in [0.05, 0.1) is 11.6 Å². The lowest BCUT2D eigenvalue weighted by Gasteiger charge is -2.26. The molecule has 1 heterocycles. The van der Waals surface area contributed by atoms with Crippen molar-refractivity contribution in [2.75, 3.05) is 19.6 Å². The first-order valence-electron chi connectivity index (χ1n) is 12.0. The highest BCUT2D eigenvalue weighted by molar-refractivity contribution is 6.32. The highest BCUT2D eigenvalue weighted by Gasteiger charge is 2.18. The zero-order chi connectivity index (χ0) is 23.1. The minimum atomic E-state index is -0.563. The van der Waals surface area contributed by atoms with Crippen LogP contribution in [-0.2, 0) is 6.42 Å². The number of aryl methyl sites for hydroxylation is 2. The second kappa shape index (κ2) is 11.8. The number of pyridine rings is 1. The highest BCUT2D eigenvalue weighted by atomic mass is 35.5. The van der Waals surface area contributed by atoms with Crippen LogP contribution >= 0.6 is 11.6 Å². The summed E-state index contributed by atoms with van der Waals surface area (Å²) in [7, 11) is 0. The van der Waals surface area contributed by atoms with Crippen LogP contribution in [0.5, 0.6) is 0 Å². The average Bonchev–Trinajstić information content (AvgIpc) is 2.77. The number of nitrogens with zero attached hydrogens (tertiary/aromatic N) is 2. The van der Waals surface area contributed by atoms with Gasteiger partial charge in [-0.05, 0) is 74.7 Å². The summed E-state index contributed by atoms with van der Waals surface area (Å²) < 4.78 is 0. The number of fused-ring (bicyclic) bond motifs is 1. The summed E-state index contributed by atoms with van der Waals surface area (Å²) in [5.74, 6) is 0. The molecule has 1 unspecified atom stereocenters. The van der Waals surface area contributed by atoms with Crippen molar-refractivity contribution in [3.63, 3.8) is 0 Å². The summed E-state index contributed by atoms with van der Waals surface area (Å²) in [6, 6.07) is 14.7. The van der Waals surface area contributed by atoms with E-state index in [4.69, 9.17) is 16.6 Å². The van der Waals surface area contributed by atoms with E-state index in [9.17, 15) is 5.11 Å². The van der Waals surface area contributed by atoms with Crippen LogP contribution in [0.3, 0.4) is 0 Å². The fourth-order valence-corrected chi connectivity index (χ4v) is 4.28. The van der Waals surface area contributed by atoms with Gasteiger partial charge in [-0.1, -0.05) is 68.1 Å². The van der Waals surface area contributed by atoms with E-state index in [1.54, 1.807) is 0 Å². The second-order valence-corrected chi connectivity index (χ2v) is 9.41. The molecule has 2 aromatic carbocycles. The van der Waals surface area contributed by atoms with Crippen molar-refractivity contribution in [2.24, 2.45) is 0 Å². The van der Waals surface area contributed by atoms with Gasteiger partial charge in [-0.25, -0.2) is 0 Å². The maximum atomic E-state index is 11.4. The van der Waals surface area contributed by atoms with E-state index in [1.807, 2.05) is 13.0 Å². The third-order valence-corrected chi connectivity index (χ3v) is 6.53. The zero-order valence-electron chi connectivity index (χ0n) is 20.0. The molecule has 3 rings (SSSR count). The first kappa shape index (κ1) is 24.7. The maximum Gasteiger partial charge on any atom is 0.0924 e. The van der Waals surface area contributed by atoms with Crippen molar-refractivity contribution in [3.05, 3.63) is 75.4 Å². The topological polar surface area (TPSA) is 36.4 Å². The molecule has 1 atom stereocenters. The van der Waals surface area contributed by atoms with Gasteiger partial charge in [0, 0.05) is 29.1 Å². The van der Waals surface area contributed by atoms with E-state index >= 15 is 0 Å². The van der Waals surface area contributed by atoms with Crippen LogP contribution in [0.15, 0.2) is 42.5 Å². The van der Waals surface area contributed by atoms with Crippen molar-refractivity contribution in [1.29, 1.82) is 0 Å². The van der Waals surface area contributed by atoms with E-state index in [0.717, 1.165) is 72.9 Å². The molecule has 4 heteroatoms. The molecule has 32 heavy (non-hydrogen) atoms. The average molecular weight is 453 g/mol. The summed E-state index contributed by atoms with van der Waals surface area (Å²) in [5, 5.41) is 13.1. The minimum absolute atomic E-state index is 0.563. The Labute approximate surface area is 198 Å². The van der Waals surface area contributed by atoms with Gasteiger partial charge in [-0.2, -0.15) is 0 Å². The van der Waals surface area contributed by atoms with Crippen LogP contribution in [0.4, 0.5) is 0 Å². The fourth-order valence-electron chi connectivity index (χ4n) is 4.12. The van der Waals surface area contributed by atoms with Crippen molar-refractivity contribution < 1.29 is 5.11 Å². The Kier molecular flexibility index (Phi) is 9.10. The molecule has 0 aliphatic rings. The monoisotopic (exact) mass is 452 g/mol. The molecule has 1 N–H and O–H groups in total.